The number of H-pyrrole nitrogens is 1. The van der Waals surface area contributed by atoms with Crippen molar-refractivity contribution >= 4 is 16.9 Å². The predicted octanol–water partition coefficient (Wildman–Crippen LogP) is 0.966. The highest BCUT2D eigenvalue weighted by Crippen LogP contribution is 2.10. The van der Waals surface area contributed by atoms with Crippen LogP contribution in [0.4, 0.5) is 0 Å². The van der Waals surface area contributed by atoms with Crippen LogP contribution in [0.25, 0.3) is 11.0 Å². The van der Waals surface area contributed by atoms with Crippen LogP contribution in [0.3, 0.4) is 0 Å². The van der Waals surface area contributed by atoms with E-state index in [2.05, 4.69) is 4.98 Å². The van der Waals surface area contributed by atoms with E-state index in [0.717, 1.165) is 0 Å². The molecule has 1 N–H and O–H groups in total. The molecule has 0 aliphatic carbocycles. The van der Waals surface area contributed by atoms with Gasteiger partial charge in [-0.1, -0.05) is 0 Å². The van der Waals surface area contributed by atoms with Crippen LogP contribution in [0, 0.1) is 6.92 Å². The highest BCUT2D eigenvalue weighted by atomic mass is 16.5. The first-order chi connectivity index (χ1) is 8.52. The van der Waals surface area contributed by atoms with Gasteiger partial charge in [-0.3, -0.25) is 4.79 Å². The zero-order valence-corrected chi connectivity index (χ0v) is 9.90. The molecule has 0 spiro atoms. The second kappa shape index (κ2) is 4.48. The van der Waals surface area contributed by atoms with Gasteiger partial charge in [0.1, 0.15) is 11.1 Å². The lowest BCUT2D eigenvalue weighted by atomic mass is 10.2. The monoisotopic (exact) mass is 249 g/mol. The van der Waals surface area contributed by atoms with Crippen LogP contribution in [0.1, 0.15) is 23.0 Å². The molecule has 0 bridgehead atoms. The molecule has 0 aromatic carbocycles. The Labute approximate surface area is 101 Å². The van der Waals surface area contributed by atoms with E-state index in [1.165, 1.54) is 12.1 Å². The Kier molecular flexibility index (Phi) is 3.01. The van der Waals surface area contributed by atoms with Gasteiger partial charge < -0.3 is 14.1 Å². The van der Waals surface area contributed by atoms with Gasteiger partial charge >= 0.3 is 11.6 Å². The molecular formula is C12H11NO5. The number of carbonyl (C=O) groups excluding carboxylic acids is 1. The maximum Gasteiger partial charge on any atom is 0.351 e. The number of aromatic amines is 1. The van der Waals surface area contributed by atoms with Crippen LogP contribution in [-0.4, -0.2) is 17.6 Å². The van der Waals surface area contributed by atoms with Crippen LogP contribution in [0.5, 0.6) is 0 Å². The fourth-order valence-electron chi connectivity index (χ4n) is 1.60. The van der Waals surface area contributed by atoms with E-state index >= 15 is 0 Å². The topological polar surface area (TPSA) is 89.4 Å². The Morgan fingerprint density at radius 1 is 1.39 bits per heavy atom. The molecule has 2 heterocycles. The molecule has 0 radical (unpaired) electrons. The SMILES string of the molecule is CCOC(=O)c1cc2c(=O)[nH]c(C)cc2oc1=O. The van der Waals surface area contributed by atoms with Crippen molar-refractivity contribution in [1.82, 2.24) is 4.98 Å². The fourth-order valence-corrected chi connectivity index (χ4v) is 1.60. The molecule has 18 heavy (non-hydrogen) atoms. The average Bonchev–Trinajstić information content (AvgIpc) is 2.27. The number of hydrogen-bond donors (Lipinski definition) is 1. The van der Waals surface area contributed by atoms with Crippen molar-refractivity contribution in [1.29, 1.82) is 0 Å². The highest BCUT2D eigenvalue weighted by Gasteiger charge is 2.16. The van der Waals surface area contributed by atoms with Gasteiger partial charge in [-0.25, -0.2) is 9.59 Å². The normalized spacial score (nSPS) is 10.6. The predicted molar refractivity (Wildman–Crippen MR) is 63.8 cm³/mol. The van der Waals surface area contributed by atoms with Crippen molar-refractivity contribution in [3.8, 4) is 0 Å². The number of fused-ring (bicyclic) bond motifs is 1. The quantitative estimate of drug-likeness (QED) is 0.801. The molecular weight excluding hydrogens is 238 g/mol. The molecule has 0 aliphatic rings. The summed E-state index contributed by atoms with van der Waals surface area (Å²) >= 11 is 0. The van der Waals surface area contributed by atoms with Gasteiger partial charge in [-0.05, 0) is 19.9 Å². The summed E-state index contributed by atoms with van der Waals surface area (Å²) in [5, 5.41) is 0.142. The van der Waals surface area contributed by atoms with Crippen LogP contribution in [0.2, 0.25) is 0 Å². The van der Waals surface area contributed by atoms with Crippen LogP contribution >= 0.6 is 0 Å². The number of rotatable bonds is 2. The zero-order chi connectivity index (χ0) is 13.3. The first-order valence-electron chi connectivity index (χ1n) is 5.38. The summed E-state index contributed by atoms with van der Waals surface area (Å²) in [4.78, 5) is 37.3. The van der Waals surface area contributed by atoms with E-state index in [9.17, 15) is 14.4 Å². The molecule has 2 rings (SSSR count). The molecule has 6 nitrogen and oxygen atoms in total. The van der Waals surface area contributed by atoms with Crippen molar-refractivity contribution < 1.29 is 13.9 Å². The summed E-state index contributed by atoms with van der Waals surface area (Å²) in [6, 6.07) is 2.71. The van der Waals surface area contributed by atoms with Crippen molar-refractivity contribution in [2.75, 3.05) is 6.61 Å². The lowest BCUT2D eigenvalue weighted by molar-refractivity contribution is 0.0522. The molecule has 2 aromatic heterocycles. The van der Waals surface area contributed by atoms with Gasteiger partial charge in [0.15, 0.2) is 0 Å². The number of aromatic nitrogens is 1. The van der Waals surface area contributed by atoms with Gasteiger partial charge in [0.05, 0.1) is 12.0 Å². The Hall–Kier alpha value is -2.37. The molecule has 0 atom stereocenters. The maximum atomic E-state index is 11.7. The highest BCUT2D eigenvalue weighted by molar-refractivity contribution is 5.92. The molecule has 0 unspecified atom stereocenters. The minimum atomic E-state index is -0.814. The molecule has 6 heteroatoms. The van der Waals surface area contributed by atoms with E-state index in [1.807, 2.05) is 0 Å². The molecule has 0 amide bonds. The number of aryl methyl sites for hydroxylation is 1. The minimum Gasteiger partial charge on any atom is -0.462 e. The first-order valence-corrected chi connectivity index (χ1v) is 5.38. The Morgan fingerprint density at radius 3 is 2.78 bits per heavy atom. The summed E-state index contributed by atoms with van der Waals surface area (Å²) in [5.41, 5.74) is -0.794. The lowest BCUT2D eigenvalue weighted by Gasteiger charge is -2.02. The van der Waals surface area contributed by atoms with Gasteiger partial charge in [0.2, 0.25) is 0 Å². The van der Waals surface area contributed by atoms with Gasteiger partial charge in [0.25, 0.3) is 5.56 Å². The van der Waals surface area contributed by atoms with Crippen molar-refractivity contribution in [3.63, 3.8) is 0 Å². The molecule has 0 saturated carbocycles. The largest absolute Gasteiger partial charge is 0.462 e. The third-order valence-electron chi connectivity index (χ3n) is 2.37. The third-order valence-corrected chi connectivity index (χ3v) is 2.37. The van der Waals surface area contributed by atoms with Crippen molar-refractivity contribution in [2.45, 2.75) is 13.8 Å². The average molecular weight is 249 g/mol. The van der Waals surface area contributed by atoms with E-state index < -0.39 is 17.2 Å². The Bertz CT molecular complexity index is 725. The van der Waals surface area contributed by atoms with E-state index in [1.54, 1.807) is 13.8 Å². The Morgan fingerprint density at radius 2 is 2.11 bits per heavy atom. The van der Waals surface area contributed by atoms with Crippen molar-refractivity contribution in [3.05, 3.63) is 44.2 Å². The van der Waals surface area contributed by atoms with Crippen molar-refractivity contribution in [2.24, 2.45) is 0 Å². The number of pyridine rings is 1. The third kappa shape index (κ3) is 2.04. The fraction of sp³-hybridized carbons (Fsp3) is 0.250. The van der Waals surface area contributed by atoms with E-state index in [0.29, 0.717) is 5.69 Å². The molecule has 0 aliphatic heterocycles. The van der Waals surface area contributed by atoms with Gasteiger partial charge in [0, 0.05) is 11.8 Å². The van der Waals surface area contributed by atoms with E-state index in [-0.39, 0.29) is 23.1 Å². The Balaban J connectivity index is 2.73. The standard InChI is InChI=1S/C12H11NO5/c1-3-17-11(15)8-5-7-9(18-12(8)16)4-6(2)13-10(7)14/h4-5H,3H2,1-2H3,(H,13,14). The maximum absolute atomic E-state index is 11.7. The molecule has 0 fully saturated rings. The van der Waals surface area contributed by atoms with Crippen LogP contribution in [-0.2, 0) is 4.74 Å². The summed E-state index contributed by atoms with van der Waals surface area (Å²) < 4.78 is 9.66. The number of ether oxygens (including phenoxy) is 1. The van der Waals surface area contributed by atoms with Gasteiger partial charge in [-0.15, -0.1) is 0 Å². The first kappa shape index (κ1) is 12.1. The molecule has 2 aromatic rings. The lowest BCUT2D eigenvalue weighted by Crippen LogP contribution is -2.18. The smallest absolute Gasteiger partial charge is 0.351 e. The summed E-state index contributed by atoms with van der Waals surface area (Å²) in [6.07, 6.45) is 0. The minimum absolute atomic E-state index is 0.139. The molecule has 94 valence electrons. The number of carbonyl (C=O) groups is 1. The summed E-state index contributed by atoms with van der Waals surface area (Å²) in [7, 11) is 0. The molecule has 0 saturated heterocycles. The zero-order valence-electron chi connectivity index (χ0n) is 9.90. The number of esters is 1. The number of nitrogens with one attached hydrogen (secondary N) is 1. The van der Waals surface area contributed by atoms with Crippen LogP contribution < -0.4 is 11.2 Å². The van der Waals surface area contributed by atoms with Crippen LogP contribution in [0.15, 0.2) is 26.1 Å². The summed E-state index contributed by atoms with van der Waals surface area (Å²) in [6.45, 7) is 3.43. The van der Waals surface area contributed by atoms with E-state index in [4.69, 9.17) is 9.15 Å². The second-order valence-electron chi connectivity index (χ2n) is 3.73. The summed E-state index contributed by atoms with van der Waals surface area (Å²) in [5.74, 6) is -0.798. The number of hydrogen-bond acceptors (Lipinski definition) is 5. The second-order valence-corrected chi connectivity index (χ2v) is 3.73. The van der Waals surface area contributed by atoms with Gasteiger partial charge in [-0.2, -0.15) is 0 Å².